The van der Waals surface area contributed by atoms with E-state index in [1.165, 1.54) is 12.1 Å². The highest BCUT2D eigenvalue weighted by atomic mass is 19.1. The lowest BCUT2D eigenvalue weighted by Crippen LogP contribution is -2.37. The number of hydrogen-bond acceptors (Lipinski definition) is 4. The largest absolute Gasteiger partial charge is 0.481 e. The van der Waals surface area contributed by atoms with Crippen LogP contribution in [0.5, 0.6) is 0 Å². The van der Waals surface area contributed by atoms with Crippen LogP contribution in [0.4, 0.5) is 15.8 Å². The molecule has 2 N–H and O–H groups in total. The van der Waals surface area contributed by atoms with Gasteiger partial charge in [0, 0.05) is 12.6 Å². The van der Waals surface area contributed by atoms with E-state index in [-0.39, 0.29) is 17.9 Å². The van der Waals surface area contributed by atoms with Crippen molar-refractivity contribution in [1.82, 2.24) is 0 Å². The maximum atomic E-state index is 13.7. The highest BCUT2D eigenvalue weighted by molar-refractivity contribution is 5.75. The Bertz CT molecular complexity index is 515. The number of anilines is 1. The third kappa shape index (κ3) is 3.23. The third-order valence-electron chi connectivity index (χ3n) is 3.59. The van der Waals surface area contributed by atoms with Gasteiger partial charge in [-0.15, -0.1) is 0 Å². The van der Waals surface area contributed by atoms with Crippen LogP contribution in [0.3, 0.4) is 0 Å². The lowest BCUT2D eigenvalue weighted by molar-refractivity contribution is -0.385. The Morgan fingerprint density at radius 2 is 2.05 bits per heavy atom. The molecule has 0 heterocycles. The molecular formula is C13H17FN2O4. The van der Waals surface area contributed by atoms with E-state index >= 15 is 0 Å². The van der Waals surface area contributed by atoms with Crippen LogP contribution in [0.25, 0.3) is 0 Å². The highest BCUT2D eigenvalue weighted by Gasteiger charge is 2.34. The zero-order chi connectivity index (χ0) is 15.3. The summed E-state index contributed by atoms with van der Waals surface area (Å²) < 4.78 is 13.7. The van der Waals surface area contributed by atoms with Gasteiger partial charge in [-0.2, -0.15) is 0 Å². The minimum atomic E-state index is -0.978. The van der Waals surface area contributed by atoms with Crippen LogP contribution in [0.1, 0.15) is 26.7 Å². The quantitative estimate of drug-likeness (QED) is 0.593. The fourth-order valence-electron chi connectivity index (χ4n) is 1.90. The second kappa shape index (κ2) is 6.31. The van der Waals surface area contributed by atoms with Gasteiger partial charge >= 0.3 is 5.97 Å². The van der Waals surface area contributed by atoms with Gasteiger partial charge in [0.2, 0.25) is 0 Å². The van der Waals surface area contributed by atoms with E-state index < -0.39 is 22.1 Å². The average molecular weight is 284 g/mol. The van der Waals surface area contributed by atoms with Gasteiger partial charge < -0.3 is 10.4 Å². The van der Waals surface area contributed by atoms with Crippen LogP contribution < -0.4 is 5.32 Å². The van der Waals surface area contributed by atoms with Gasteiger partial charge in [0.05, 0.1) is 22.1 Å². The number of benzene rings is 1. The zero-order valence-electron chi connectivity index (χ0n) is 11.4. The Balaban J connectivity index is 2.89. The predicted octanol–water partition coefficient (Wildman–Crippen LogP) is 3.04. The number of hydrogen-bond donors (Lipinski definition) is 2. The fraction of sp³-hybridized carbons (Fsp3) is 0.462. The molecule has 0 atom stereocenters. The monoisotopic (exact) mass is 284 g/mol. The molecule has 0 aromatic heterocycles. The van der Waals surface area contributed by atoms with Gasteiger partial charge in [0.25, 0.3) is 5.69 Å². The number of halogens is 1. The van der Waals surface area contributed by atoms with E-state index in [1.54, 1.807) is 13.8 Å². The molecule has 1 aromatic carbocycles. The number of non-ortho nitro benzene ring substituents is 1. The van der Waals surface area contributed by atoms with E-state index in [2.05, 4.69) is 5.32 Å². The number of rotatable bonds is 7. The summed E-state index contributed by atoms with van der Waals surface area (Å²) in [6.07, 6.45) is 0.806. The first-order chi connectivity index (χ1) is 9.36. The summed E-state index contributed by atoms with van der Waals surface area (Å²) in [6.45, 7) is 3.57. The molecule has 6 nitrogen and oxygen atoms in total. The third-order valence-corrected chi connectivity index (χ3v) is 3.59. The van der Waals surface area contributed by atoms with E-state index in [4.69, 9.17) is 0 Å². The van der Waals surface area contributed by atoms with Crippen molar-refractivity contribution in [3.63, 3.8) is 0 Å². The lowest BCUT2D eigenvalue weighted by atomic mass is 9.82. The minimum Gasteiger partial charge on any atom is -0.481 e. The minimum absolute atomic E-state index is 0.0584. The van der Waals surface area contributed by atoms with Crippen molar-refractivity contribution in [2.45, 2.75) is 26.7 Å². The number of carbonyl (C=O) groups is 1. The Labute approximate surface area is 115 Å². The number of aliphatic carboxylic acids is 1. The molecule has 7 heteroatoms. The van der Waals surface area contributed by atoms with E-state index in [9.17, 15) is 24.4 Å². The Morgan fingerprint density at radius 3 is 2.45 bits per heavy atom. The second-order valence-corrected chi connectivity index (χ2v) is 4.57. The van der Waals surface area contributed by atoms with Crippen molar-refractivity contribution in [3.05, 3.63) is 34.1 Å². The van der Waals surface area contributed by atoms with E-state index in [0.29, 0.717) is 12.8 Å². The molecule has 0 amide bonds. The molecular weight excluding hydrogens is 267 g/mol. The van der Waals surface area contributed by atoms with E-state index in [1.807, 2.05) is 0 Å². The molecule has 0 saturated heterocycles. The first kappa shape index (κ1) is 15.9. The molecule has 0 fully saturated rings. The van der Waals surface area contributed by atoms with Crippen LogP contribution in [0.2, 0.25) is 0 Å². The Hall–Kier alpha value is -2.18. The van der Waals surface area contributed by atoms with Crippen LogP contribution in [-0.4, -0.2) is 22.5 Å². The summed E-state index contributed by atoms with van der Waals surface area (Å²) in [7, 11) is 0. The van der Waals surface area contributed by atoms with Crippen molar-refractivity contribution in [1.29, 1.82) is 0 Å². The molecule has 1 aromatic rings. The Kier molecular flexibility index (Phi) is 5.01. The van der Waals surface area contributed by atoms with Crippen LogP contribution in [0, 0.1) is 21.3 Å². The first-order valence-corrected chi connectivity index (χ1v) is 6.27. The maximum absolute atomic E-state index is 13.7. The topological polar surface area (TPSA) is 92.5 Å². The summed E-state index contributed by atoms with van der Waals surface area (Å²) in [5.74, 6) is -1.72. The summed E-state index contributed by atoms with van der Waals surface area (Å²) in [5.41, 5.74) is -1.26. The summed E-state index contributed by atoms with van der Waals surface area (Å²) in [4.78, 5) is 21.1. The van der Waals surface area contributed by atoms with Crippen molar-refractivity contribution >= 4 is 17.3 Å². The molecule has 0 bridgehead atoms. The van der Waals surface area contributed by atoms with Crippen LogP contribution >= 0.6 is 0 Å². The number of carboxylic acid groups (broad SMARTS) is 1. The van der Waals surface area contributed by atoms with Gasteiger partial charge in [0.1, 0.15) is 0 Å². The van der Waals surface area contributed by atoms with Crippen molar-refractivity contribution in [3.8, 4) is 0 Å². The average Bonchev–Trinajstić information content (AvgIpc) is 2.41. The number of nitro groups is 1. The Morgan fingerprint density at radius 1 is 1.45 bits per heavy atom. The molecule has 110 valence electrons. The normalized spacial score (nSPS) is 11.2. The smallest absolute Gasteiger partial charge is 0.311 e. The molecule has 1 rings (SSSR count). The number of nitrogens with zero attached hydrogens (tertiary/aromatic N) is 1. The molecule has 0 radical (unpaired) electrons. The van der Waals surface area contributed by atoms with Crippen LogP contribution in [0.15, 0.2) is 18.2 Å². The maximum Gasteiger partial charge on any atom is 0.311 e. The number of nitrogens with one attached hydrogen (secondary N) is 1. The molecule has 20 heavy (non-hydrogen) atoms. The van der Waals surface area contributed by atoms with Crippen molar-refractivity contribution < 1.29 is 19.2 Å². The summed E-state index contributed by atoms with van der Waals surface area (Å²) >= 11 is 0. The van der Waals surface area contributed by atoms with Gasteiger partial charge in [-0.05, 0) is 18.9 Å². The molecule has 0 aliphatic rings. The zero-order valence-corrected chi connectivity index (χ0v) is 11.4. The van der Waals surface area contributed by atoms with Gasteiger partial charge in [0.15, 0.2) is 5.82 Å². The number of carboxylic acids is 1. The van der Waals surface area contributed by atoms with Gasteiger partial charge in [-0.3, -0.25) is 14.9 Å². The second-order valence-electron chi connectivity index (χ2n) is 4.57. The standard InChI is InChI=1S/C13H17FN2O4/c1-3-13(4-2,12(17)18)8-15-11-6-5-9(16(19)20)7-10(11)14/h5-7,15H,3-4,8H2,1-2H3,(H,17,18). The van der Waals surface area contributed by atoms with Gasteiger partial charge in [-0.1, -0.05) is 13.8 Å². The summed E-state index contributed by atoms with van der Waals surface area (Å²) in [5, 5.41) is 22.5. The van der Waals surface area contributed by atoms with E-state index in [0.717, 1.165) is 6.07 Å². The van der Waals surface area contributed by atoms with Crippen molar-refractivity contribution in [2.75, 3.05) is 11.9 Å². The summed E-state index contributed by atoms with van der Waals surface area (Å²) in [6, 6.07) is 3.22. The first-order valence-electron chi connectivity index (χ1n) is 6.27. The van der Waals surface area contributed by atoms with Crippen LogP contribution in [-0.2, 0) is 4.79 Å². The lowest BCUT2D eigenvalue weighted by Gasteiger charge is -2.27. The molecule has 0 saturated carbocycles. The molecule has 0 aliphatic carbocycles. The SMILES string of the molecule is CCC(CC)(CNc1ccc([N+](=O)[O-])cc1F)C(=O)O. The van der Waals surface area contributed by atoms with Gasteiger partial charge in [-0.25, -0.2) is 4.39 Å². The predicted molar refractivity (Wildman–Crippen MR) is 72.2 cm³/mol. The molecule has 0 aliphatic heterocycles. The fourth-order valence-corrected chi connectivity index (χ4v) is 1.90. The molecule has 0 spiro atoms. The van der Waals surface area contributed by atoms with Crippen molar-refractivity contribution in [2.24, 2.45) is 5.41 Å². The molecule has 0 unspecified atom stereocenters. The highest BCUT2D eigenvalue weighted by Crippen LogP contribution is 2.28. The number of nitro benzene ring substituents is 1.